The van der Waals surface area contributed by atoms with Gasteiger partial charge >= 0.3 is 5.97 Å². The molecular weight excluding hydrogens is 357 g/mol. The number of carbonyl (C=O) groups is 4. The van der Waals surface area contributed by atoms with Crippen LogP contribution in [-0.4, -0.2) is 39.7 Å². The Bertz CT molecular complexity index is 357. The van der Waals surface area contributed by atoms with E-state index in [-0.39, 0.29) is 31.7 Å². The number of hydroxylamine groups is 2. The van der Waals surface area contributed by atoms with Gasteiger partial charge in [0.1, 0.15) is 0 Å². The number of imide groups is 1. The molecule has 0 spiro atoms. The maximum Gasteiger partial charge on any atom is 0.334 e. The van der Waals surface area contributed by atoms with Crippen LogP contribution in [0.25, 0.3) is 0 Å². The fourth-order valence-electron chi connectivity index (χ4n) is 1.16. The van der Waals surface area contributed by atoms with Crippen molar-refractivity contribution in [1.29, 1.82) is 0 Å². The number of hydrogen-bond donors (Lipinski definition) is 2. The van der Waals surface area contributed by atoms with Gasteiger partial charge in [-0.05, 0) is 0 Å². The molecule has 1 aliphatic heterocycles. The van der Waals surface area contributed by atoms with Crippen LogP contribution in [0.4, 0.5) is 0 Å². The van der Waals surface area contributed by atoms with Crippen molar-refractivity contribution in [2.45, 2.75) is 19.3 Å². The number of halogens is 1. The third-order valence-corrected chi connectivity index (χ3v) is 2.69. The third kappa shape index (κ3) is 4.56. The summed E-state index contributed by atoms with van der Waals surface area (Å²) in [4.78, 5) is 49.0. The van der Waals surface area contributed by atoms with Gasteiger partial charge in [0, 0.05) is 19.4 Å². The van der Waals surface area contributed by atoms with E-state index in [1.807, 2.05) is 22.6 Å². The second-order valence-electron chi connectivity index (χ2n) is 3.40. The first-order chi connectivity index (χ1) is 8.54. The summed E-state index contributed by atoms with van der Waals surface area (Å²) in [5, 5.41) is 0.492. The van der Waals surface area contributed by atoms with Gasteiger partial charge in [-0.15, -0.1) is 5.06 Å². The predicted octanol–water partition coefficient (Wildman–Crippen LogP) is -0.961. The van der Waals surface area contributed by atoms with Gasteiger partial charge in [-0.25, -0.2) is 10.2 Å². The lowest BCUT2D eigenvalue weighted by Gasteiger charge is -2.12. The molecule has 1 heterocycles. The first-order valence-corrected chi connectivity index (χ1v) is 6.71. The molecule has 0 atom stereocenters. The van der Waals surface area contributed by atoms with Crippen molar-refractivity contribution in [3.63, 3.8) is 0 Å². The first kappa shape index (κ1) is 14.8. The zero-order valence-corrected chi connectivity index (χ0v) is 11.6. The summed E-state index contributed by atoms with van der Waals surface area (Å²) in [7, 11) is 0. The Hall–Kier alpha value is -1.23. The molecule has 0 aromatic heterocycles. The number of carbonyl (C=O) groups excluding carboxylic acids is 4. The summed E-state index contributed by atoms with van der Waals surface area (Å²) in [5.74, 6) is -1.96. The highest BCUT2D eigenvalue weighted by Gasteiger charge is 2.32. The van der Waals surface area contributed by atoms with Crippen LogP contribution >= 0.6 is 22.6 Å². The lowest BCUT2D eigenvalue weighted by atomic mass is 10.4. The fraction of sp³-hybridized carbons (Fsp3) is 0.556. The minimum Gasteiger partial charge on any atom is -0.330 e. The van der Waals surface area contributed by atoms with E-state index in [0.29, 0.717) is 9.49 Å². The predicted molar refractivity (Wildman–Crippen MR) is 66.8 cm³/mol. The smallest absolute Gasteiger partial charge is 0.330 e. The maximum atomic E-state index is 11.3. The summed E-state index contributed by atoms with van der Waals surface area (Å²) in [5.41, 5.74) is 4.87. The molecule has 1 rings (SSSR count). The summed E-state index contributed by atoms with van der Waals surface area (Å²) in [6, 6.07) is 0. The molecule has 0 radical (unpaired) electrons. The van der Waals surface area contributed by atoms with Gasteiger partial charge < -0.3 is 4.84 Å². The van der Waals surface area contributed by atoms with Crippen molar-refractivity contribution in [2.24, 2.45) is 0 Å². The molecule has 18 heavy (non-hydrogen) atoms. The molecule has 8 nitrogen and oxygen atoms in total. The van der Waals surface area contributed by atoms with E-state index in [4.69, 9.17) is 0 Å². The van der Waals surface area contributed by atoms with Gasteiger partial charge in [0.25, 0.3) is 11.8 Å². The van der Waals surface area contributed by atoms with Crippen LogP contribution in [0.2, 0.25) is 0 Å². The number of alkyl halides is 1. The highest BCUT2D eigenvalue weighted by Crippen LogP contribution is 2.12. The molecule has 0 aromatic carbocycles. The molecule has 0 unspecified atom stereocenters. The Morgan fingerprint density at radius 1 is 1.28 bits per heavy atom. The second-order valence-corrected chi connectivity index (χ2v) is 4.17. The molecule has 2 N–H and O–H groups in total. The lowest BCUT2D eigenvalue weighted by molar-refractivity contribution is -0.197. The summed E-state index contributed by atoms with van der Waals surface area (Å²) >= 11 is 1.89. The lowest BCUT2D eigenvalue weighted by Crippen LogP contribution is -2.40. The summed E-state index contributed by atoms with van der Waals surface area (Å²) < 4.78 is 0.298. The van der Waals surface area contributed by atoms with E-state index in [1.54, 1.807) is 0 Å². The SMILES string of the molecule is O=C(CI)NNCCC(=O)ON1C(=O)CCC1=O. The van der Waals surface area contributed by atoms with Crippen LogP contribution in [0.5, 0.6) is 0 Å². The number of nitrogens with one attached hydrogen (secondary N) is 2. The molecular formula is C9H12IN3O5. The first-order valence-electron chi connectivity index (χ1n) is 5.19. The van der Waals surface area contributed by atoms with Crippen LogP contribution in [0.3, 0.4) is 0 Å². The van der Waals surface area contributed by atoms with Crippen LogP contribution in [0.15, 0.2) is 0 Å². The van der Waals surface area contributed by atoms with Crippen molar-refractivity contribution in [1.82, 2.24) is 15.9 Å². The summed E-state index contributed by atoms with van der Waals surface area (Å²) in [6.45, 7) is 0.150. The third-order valence-electron chi connectivity index (χ3n) is 2.00. The molecule has 1 fully saturated rings. The normalized spacial score (nSPS) is 14.8. The monoisotopic (exact) mass is 369 g/mol. The molecule has 9 heteroatoms. The van der Waals surface area contributed by atoms with E-state index < -0.39 is 17.8 Å². The van der Waals surface area contributed by atoms with Gasteiger partial charge in [0.05, 0.1) is 10.8 Å². The molecule has 0 bridgehead atoms. The van der Waals surface area contributed by atoms with Crippen molar-refractivity contribution < 1.29 is 24.0 Å². The van der Waals surface area contributed by atoms with Crippen molar-refractivity contribution in [2.75, 3.05) is 11.0 Å². The molecule has 0 aliphatic carbocycles. The highest BCUT2D eigenvalue weighted by atomic mass is 127. The fourth-order valence-corrected chi connectivity index (χ4v) is 1.36. The minimum atomic E-state index is -0.713. The molecule has 1 saturated heterocycles. The Labute approximate surface area is 116 Å². The van der Waals surface area contributed by atoms with Crippen LogP contribution in [0.1, 0.15) is 19.3 Å². The molecule has 100 valence electrons. The minimum absolute atomic E-state index is 0.0656. The number of nitrogens with zero attached hydrogens (tertiary/aromatic N) is 1. The van der Waals surface area contributed by atoms with Gasteiger partial charge in [0.15, 0.2) is 0 Å². The average Bonchev–Trinajstić information content (AvgIpc) is 2.66. The molecule has 3 amide bonds. The van der Waals surface area contributed by atoms with Gasteiger partial charge in [-0.1, -0.05) is 22.6 Å². The van der Waals surface area contributed by atoms with E-state index in [2.05, 4.69) is 15.7 Å². The van der Waals surface area contributed by atoms with Crippen molar-refractivity contribution >= 4 is 46.3 Å². The largest absolute Gasteiger partial charge is 0.334 e. The standard InChI is InChI=1S/C9H12IN3O5/c10-5-6(14)12-11-4-3-9(17)18-13-7(15)1-2-8(13)16/h11H,1-5H2,(H,12,14). The molecule has 1 aliphatic rings. The van der Waals surface area contributed by atoms with Crippen LogP contribution in [-0.2, 0) is 24.0 Å². The van der Waals surface area contributed by atoms with E-state index in [9.17, 15) is 19.2 Å². The van der Waals surface area contributed by atoms with E-state index in [0.717, 1.165) is 0 Å². The maximum absolute atomic E-state index is 11.3. The topological polar surface area (TPSA) is 105 Å². The highest BCUT2D eigenvalue weighted by molar-refractivity contribution is 14.1. The van der Waals surface area contributed by atoms with Crippen molar-refractivity contribution in [3.8, 4) is 0 Å². The van der Waals surface area contributed by atoms with Crippen LogP contribution in [0, 0.1) is 0 Å². The van der Waals surface area contributed by atoms with Gasteiger partial charge in [-0.2, -0.15) is 0 Å². The van der Waals surface area contributed by atoms with E-state index >= 15 is 0 Å². The number of rotatable bonds is 6. The zero-order chi connectivity index (χ0) is 13.5. The Kier molecular flexibility index (Phi) is 5.98. The second kappa shape index (κ2) is 7.26. The zero-order valence-electron chi connectivity index (χ0n) is 9.40. The number of amides is 3. The molecule has 0 aromatic rings. The average molecular weight is 369 g/mol. The van der Waals surface area contributed by atoms with Gasteiger partial charge in [-0.3, -0.25) is 19.8 Å². The Morgan fingerprint density at radius 2 is 1.89 bits per heavy atom. The Balaban J connectivity index is 2.20. The Morgan fingerprint density at radius 3 is 2.44 bits per heavy atom. The van der Waals surface area contributed by atoms with Gasteiger partial charge in [0.2, 0.25) is 5.91 Å². The van der Waals surface area contributed by atoms with E-state index in [1.165, 1.54) is 0 Å². The molecule has 0 saturated carbocycles. The van der Waals surface area contributed by atoms with Crippen molar-refractivity contribution in [3.05, 3.63) is 0 Å². The summed E-state index contributed by atoms with van der Waals surface area (Å²) in [6.07, 6.45) is 0.0603. The van der Waals surface area contributed by atoms with Crippen LogP contribution < -0.4 is 10.9 Å². The quantitative estimate of drug-likeness (QED) is 0.206. The number of hydrazine groups is 1. The number of hydrogen-bond acceptors (Lipinski definition) is 6.